The lowest BCUT2D eigenvalue weighted by Crippen LogP contribution is -2.40. The van der Waals surface area contributed by atoms with Crippen LogP contribution < -0.4 is 5.32 Å². The summed E-state index contributed by atoms with van der Waals surface area (Å²) in [5.74, 6) is -0.275. The van der Waals surface area contributed by atoms with Gasteiger partial charge in [0.1, 0.15) is 11.6 Å². The minimum atomic E-state index is -0.445. The van der Waals surface area contributed by atoms with Crippen molar-refractivity contribution in [3.63, 3.8) is 0 Å². The van der Waals surface area contributed by atoms with E-state index in [2.05, 4.69) is 31.0 Å². The van der Waals surface area contributed by atoms with E-state index in [1.165, 1.54) is 18.2 Å². The first-order valence-corrected chi connectivity index (χ1v) is 7.87. The highest BCUT2D eigenvalue weighted by atomic mass is 19.1. The Morgan fingerprint density at radius 3 is 2.57 bits per heavy atom. The highest BCUT2D eigenvalue weighted by Crippen LogP contribution is 2.20. The Morgan fingerprint density at radius 1 is 1.29 bits per heavy atom. The molecular weight excluding hydrogens is 270 g/mol. The predicted molar refractivity (Wildman–Crippen MR) is 82.1 cm³/mol. The van der Waals surface area contributed by atoms with Crippen molar-refractivity contribution in [2.24, 2.45) is 5.92 Å². The summed E-state index contributed by atoms with van der Waals surface area (Å²) in [5.41, 5.74) is 0.189. The van der Waals surface area contributed by atoms with Gasteiger partial charge in [0, 0.05) is 30.7 Å². The molecule has 0 bridgehead atoms. The van der Waals surface area contributed by atoms with Crippen LogP contribution in [0.1, 0.15) is 39.2 Å². The molecule has 0 saturated carbocycles. The van der Waals surface area contributed by atoms with Crippen molar-refractivity contribution in [1.29, 1.82) is 0 Å². The summed E-state index contributed by atoms with van der Waals surface area (Å²) in [6.07, 6.45) is 2.09. The number of nitrogens with one attached hydrogen (secondary N) is 1. The number of hydrogen-bond donors (Lipinski definition) is 1. The minimum absolute atomic E-state index is 0.189. The molecule has 4 heteroatoms. The molecular formula is C17H26F2N2. The summed E-state index contributed by atoms with van der Waals surface area (Å²) < 4.78 is 27.7. The summed E-state index contributed by atoms with van der Waals surface area (Å²) in [6.45, 7) is 8.70. The first-order valence-electron chi connectivity index (χ1n) is 7.87. The Morgan fingerprint density at radius 2 is 1.95 bits per heavy atom. The molecule has 2 atom stereocenters. The molecule has 118 valence electrons. The molecule has 1 aromatic carbocycles. The minimum Gasteiger partial charge on any atom is -0.313 e. The average Bonchev–Trinajstić information content (AvgIpc) is 2.56. The second-order valence-electron chi connectivity index (χ2n) is 6.55. The SMILES string of the molecule is CC(C)CC1CN(Cc2c(F)cccc2F)C(C)CCN1. The molecule has 1 aliphatic heterocycles. The summed E-state index contributed by atoms with van der Waals surface area (Å²) in [5, 5.41) is 3.56. The molecule has 1 N–H and O–H groups in total. The molecule has 1 saturated heterocycles. The van der Waals surface area contributed by atoms with Gasteiger partial charge in [-0.05, 0) is 44.4 Å². The quantitative estimate of drug-likeness (QED) is 0.914. The van der Waals surface area contributed by atoms with E-state index in [1.54, 1.807) is 0 Å². The van der Waals surface area contributed by atoms with E-state index < -0.39 is 11.6 Å². The Labute approximate surface area is 126 Å². The Balaban J connectivity index is 2.11. The van der Waals surface area contributed by atoms with E-state index in [-0.39, 0.29) is 5.56 Å². The maximum absolute atomic E-state index is 13.9. The molecule has 2 rings (SSSR count). The first-order chi connectivity index (χ1) is 9.97. The Bertz CT molecular complexity index is 442. The molecule has 2 nitrogen and oxygen atoms in total. The standard InChI is InChI=1S/C17H26F2N2/c1-12(2)9-14-10-21(13(3)7-8-20-14)11-15-16(18)5-4-6-17(15)19/h4-6,12-14,20H,7-11H2,1-3H3. The normalized spacial score (nSPS) is 24.3. The highest BCUT2D eigenvalue weighted by Gasteiger charge is 2.25. The van der Waals surface area contributed by atoms with E-state index in [4.69, 9.17) is 0 Å². The van der Waals surface area contributed by atoms with Crippen LogP contribution in [-0.4, -0.2) is 30.1 Å². The van der Waals surface area contributed by atoms with Gasteiger partial charge in [-0.15, -0.1) is 0 Å². The molecule has 21 heavy (non-hydrogen) atoms. The van der Waals surface area contributed by atoms with Crippen molar-refractivity contribution in [3.05, 3.63) is 35.4 Å². The van der Waals surface area contributed by atoms with Crippen molar-refractivity contribution in [2.45, 2.75) is 52.2 Å². The third-order valence-corrected chi connectivity index (χ3v) is 4.25. The summed E-state index contributed by atoms with van der Waals surface area (Å²) in [4.78, 5) is 2.20. The Kier molecular flexibility index (Phi) is 5.71. The average molecular weight is 296 g/mol. The van der Waals surface area contributed by atoms with Crippen molar-refractivity contribution < 1.29 is 8.78 Å². The third kappa shape index (κ3) is 4.48. The number of benzene rings is 1. The number of rotatable bonds is 4. The van der Waals surface area contributed by atoms with Gasteiger partial charge in [-0.1, -0.05) is 19.9 Å². The van der Waals surface area contributed by atoms with Crippen molar-refractivity contribution in [3.8, 4) is 0 Å². The van der Waals surface area contributed by atoms with E-state index in [1.807, 2.05) is 0 Å². The lowest BCUT2D eigenvalue weighted by Gasteiger charge is -2.30. The van der Waals surface area contributed by atoms with Crippen molar-refractivity contribution >= 4 is 0 Å². The molecule has 1 heterocycles. The van der Waals surface area contributed by atoms with E-state index in [0.29, 0.717) is 24.5 Å². The lowest BCUT2D eigenvalue weighted by atomic mass is 10.0. The smallest absolute Gasteiger partial charge is 0.130 e. The fourth-order valence-electron chi connectivity index (χ4n) is 3.04. The van der Waals surface area contributed by atoms with Gasteiger partial charge in [0.05, 0.1) is 0 Å². The van der Waals surface area contributed by atoms with E-state index in [0.717, 1.165) is 25.9 Å². The predicted octanol–water partition coefficient (Wildman–Crippen LogP) is 3.56. The lowest BCUT2D eigenvalue weighted by molar-refractivity contribution is 0.185. The van der Waals surface area contributed by atoms with Gasteiger partial charge in [0.15, 0.2) is 0 Å². The van der Waals surface area contributed by atoms with Crippen LogP contribution in [0.15, 0.2) is 18.2 Å². The fraction of sp³-hybridized carbons (Fsp3) is 0.647. The summed E-state index contributed by atoms with van der Waals surface area (Å²) in [7, 11) is 0. The van der Waals surface area contributed by atoms with Gasteiger partial charge < -0.3 is 5.32 Å². The maximum Gasteiger partial charge on any atom is 0.130 e. The van der Waals surface area contributed by atoms with Gasteiger partial charge >= 0.3 is 0 Å². The number of hydrogen-bond acceptors (Lipinski definition) is 2. The Hall–Kier alpha value is -1.00. The molecule has 1 aliphatic rings. The van der Waals surface area contributed by atoms with Gasteiger partial charge in [-0.3, -0.25) is 4.90 Å². The zero-order chi connectivity index (χ0) is 15.4. The first kappa shape index (κ1) is 16.4. The summed E-state index contributed by atoms with van der Waals surface area (Å²) >= 11 is 0. The molecule has 0 spiro atoms. The van der Waals surface area contributed by atoms with E-state index >= 15 is 0 Å². The maximum atomic E-state index is 13.9. The van der Waals surface area contributed by atoms with Crippen LogP contribution in [0.25, 0.3) is 0 Å². The van der Waals surface area contributed by atoms with Crippen LogP contribution in [-0.2, 0) is 6.54 Å². The van der Waals surface area contributed by atoms with Gasteiger partial charge in [0.2, 0.25) is 0 Å². The second-order valence-corrected chi connectivity index (χ2v) is 6.55. The monoisotopic (exact) mass is 296 g/mol. The van der Waals surface area contributed by atoms with Crippen molar-refractivity contribution in [2.75, 3.05) is 13.1 Å². The van der Waals surface area contributed by atoms with Crippen LogP contribution >= 0.6 is 0 Å². The van der Waals surface area contributed by atoms with Crippen LogP contribution in [0.4, 0.5) is 8.78 Å². The van der Waals surface area contributed by atoms with Gasteiger partial charge in [-0.25, -0.2) is 8.78 Å². The van der Waals surface area contributed by atoms with Gasteiger partial charge in [0.25, 0.3) is 0 Å². The van der Waals surface area contributed by atoms with Crippen LogP contribution in [0.2, 0.25) is 0 Å². The fourth-order valence-corrected chi connectivity index (χ4v) is 3.04. The molecule has 1 fully saturated rings. The summed E-state index contributed by atoms with van der Waals surface area (Å²) in [6, 6.07) is 4.82. The molecule has 0 radical (unpaired) electrons. The second kappa shape index (κ2) is 7.32. The number of nitrogens with zero attached hydrogens (tertiary/aromatic N) is 1. The zero-order valence-electron chi connectivity index (χ0n) is 13.2. The van der Waals surface area contributed by atoms with E-state index in [9.17, 15) is 8.78 Å². The third-order valence-electron chi connectivity index (χ3n) is 4.25. The molecule has 1 aromatic rings. The molecule has 0 aliphatic carbocycles. The topological polar surface area (TPSA) is 15.3 Å². The molecule has 0 amide bonds. The van der Waals surface area contributed by atoms with Crippen LogP contribution in [0, 0.1) is 17.6 Å². The van der Waals surface area contributed by atoms with Crippen LogP contribution in [0.3, 0.4) is 0 Å². The van der Waals surface area contributed by atoms with Crippen molar-refractivity contribution in [1.82, 2.24) is 10.2 Å². The number of halogens is 2. The molecule has 0 aromatic heterocycles. The zero-order valence-corrected chi connectivity index (χ0v) is 13.2. The highest BCUT2D eigenvalue weighted by molar-refractivity contribution is 5.19. The molecule has 2 unspecified atom stereocenters. The largest absolute Gasteiger partial charge is 0.313 e. The van der Waals surface area contributed by atoms with Gasteiger partial charge in [-0.2, -0.15) is 0 Å². The van der Waals surface area contributed by atoms with Crippen LogP contribution in [0.5, 0.6) is 0 Å².